The number of carbonyl (C=O) groups is 1. The maximum atomic E-state index is 12.2. The zero-order valence-electron chi connectivity index (χ0n) is 11.0. The van der Waals surface area contributed by atoms with Gasteiger partial charge in [-0.2, -0.15) is 5.26 Å². The van der Waals surface area contributed by atoms with Crippen LogP contribution in [0.25, 0.3) is 0 Å². The molecule has 2 aromatic rings. The molecule has 0 spiro atoms. The van der Waals surface area contributed by atoms with Crippen molar-refractivity contribution >= 4 is 39.1 Å². The molecule has 106 valence electrons. The highest BCUT2D eigenvalue weighted by Gasteiger charge is 2.19. The summed E-state index contributed by atoms with van der Waals surface area (Å²) >= 11 is 9.19. The van der Waals surface area contributed by atoms with Crippen LogP contribution in [-0.4, -0.2) is 5.91 Å². The molecule has 0 saturated carbocycles. The molecule has 2 aromatic carbocycles. The third kappa shape index (κ3) is 4.32. The van der Waals surface area contributed by atoms with E-state index in [-0.39, 0.29) is 5.91 Å². The molecule has 21 heavy (non-hydrogen) atoms. The van der Waals surface area contributed by atoms with Crippen molar-refractivity contribution in [1.82, 2.24) is 0 Å². The molecule has 3 nitrogen and oxygen atoms in total. The van der Waals surface area contributed by atoms with E-state index in [0.29, 0.717) is 21.6 Å². The number of nitriles is 1. The van der Waals surface area contributed by atoms with Crippen LogP contribution in [0.15, 0.2) is 53.0 Å². The Morgan fingerprint density at radius 1 is 1.29 bits per heavy atom. The van der Waals surface area contributed by atoms with Crippen molar-refractivity contribution in [2.45, 2.75) is 6.42 Å². The Morgan fingerprint density at radius 3 is 2.62 bits per heavy atom. The molecule has 0 aliphatic rings. The van der Waals surface area contributed by atoms with Crippen molar-refractivity contribution in [1.29, 1.82) is 5.26 Å². The fraction of sp³-hybridized carbons (Fsp3) is 0.125. The molecular weight excluding hydrogens is 352 g/mol. The zero-order valence-corrected chi connectivity index (χ0v) is 13.4. The van der Waals surface area contributed by atoms with Gasteiger partial charge in [-0.3, -0.25) is 4.79 Å². The molecule has 1 N–H and O–H groups in total. The van der Waals surface area contributed by atoms with E-state index in [1.54, 1.807) is 18.2 Å². The van der Waals surface area contributed by atoms with E-state index in [0.717, 1.165) is 5.56 Å². The number of halogens is 2. The maximum Gasteiger partial charge on any atom is 0.242 e. The van der Waals surface area contributed by atoms with Gasteiger partial charge in [0.05, 0.1) is 11.8 Å². The van der Waals surface area contributed by atoms with Crippen LogP contribution in [0, 0.1) is 17.2 Å². The largest absolute Gasteiger partial charge is 0.324 e. The SMILES string of the molecule is N#CC(Cc1ccccc1)C(=O)Nc1ccc(Cl)cc1Br. The summed E-state index contributed by atoms with van der Waals surface area (Å²) in [6.07, 6.45) is 0.383. The summed E-state index contributed by atoms with van der Waals surface area (Å²) in [7, 11) is 0. The summed E-state index contributed by atoms with van der Waals surface area (Å²) in [5.41, 5.74) is 1.55. The maximum absolute atomic E-state index is 12.2. The van der Waals surface area contributed by atoms with Crippen LogP contribution in [-0.2, 0) is 11.2 Å². The Bertz CT molecular complexity index is 682. The Labute approximate surface area is 136 Å². The highest BCUT2D eigenvalue weighted by Crippen LogP contribution is 2.26. The lowest BCUT2D eigenvalue weighted by Crippen LogP contribution is -2.23. The molecular formula is C16H12BrClN2O. The number of rotatable bonds is 4. The lowest BCUT2D eigenvalue weighted by molar-refractivity contribution is -0.118. The van der Waals surface area contributed by atoms with Crippen LogP contribution in [0.4, 0.5) is 5.69 Å². The van der Waals surface area contributed by atoms with E-state index in [2.05, 4.69) is 21.2 Å². The van der Waals surface area contributed by atoms with Crippen LogP contribution >= 0.6 is 27.5 Å². The quantitative estimate of drug-likeness (QED) is 0.874. The van der Waals surface area contributed by atoms with Gasteiger partial charge in [0, 0.05) is 9.50 Å². The van der Waals surface area contributed by atoms with Crippen molar-refractivity contribution < 1.29 is 4.79 Å². The fourth-order valence-electron chi connectivity index (χ4n) is 1.86. The fourth-order valence-corrected chi connectivity index (χ4v) is 2.64. The summed E-state index contributed by atoms with van der Waals surface area (Å²) in [4.78, 5) is 12.2. The molecule has 2 rings (SSSR count). The lowest BCUT2D eigenvalue weighted by Gasteiger charge is -2.11. The van der Waals surface area contributed by atoms with Crippen LogP contribution in [0.5, 0.6) is 0 Å². The number of amides is 1. The summed E-state index contributed by atoms with van der Waals surface area (Å²) < 4.78 is 0.680. The summed E-state index contributed by atoms with van der Waals surface area (Å²) in [5.74, 6) is -1.07. The second-order valence-corrected chi connectivity index (χ2v) is 5.78. The number of hydrogen-bond acceptors (Lipinski definition) is 2. The van der Waals surface area contributed by atoms with Crippen molar-refractivity contribution in [3.63, 3.8) is 0 Å². The molecule has 0 fully saturated rings. The van der Waals surface area contributed by atoms with Gasteiger partial charge in [0.1, 0.15) is 5.92 Å². The van der Waals surface area contributed by atoms with Gasteiger partial charge in [0.2, 0.25) is 5.91 Å². The topological polar surface area (TPSA) is 52.9 Å². The Kier molecular flexibility index (Phi) is 5.38. The minimum absolute atomic E-state index is 0.329. The first-order chi connectivity index (χ1) is 10.1. The molecule has 1 amide bonds. The van der Waals surface area contributed by atoms with Crippen LogP contribution in [0.3, 0.4) is 0 Å². The minimum atomic E-state index is -0.741. The van der Waals surface area contributed by atoms with Crippen molar-refractivity contribution in [2.75, 3.05) is 5.32 Å². The van der Waals surface area contributed by atoms with E-state index in [4.69, 9.17) is 11.6 Å². The molecule has 0 saturated heterocycles. The second-order valence-electron chi connectivity index (χ2n) is 4.48. The van der Waals surface area contributed by atoms with E-state index in [1.165, 1.54) is 0 Å². The molecule has 0 aliphatic carbocycles. The minimum Gasteiger partial charge on any atom is -0.324 e. The predicted molar refractivity (Wildman–Crippen MR) is 87.0 cm³/mol. The molecule has 0 radical (unpaired) electrons. The first-order valence-electron chi connectivity index (χ1n) is 6.29. The second kappa shape index (κ2) is 7.26. The zero-order chi connectivity index (χ0) is 15.2. The number of benzene rings is 2. The highest BCUT2D eigenvalue weighted by molar-refractivity contribution is 9.10. The normalized spacial score (nSPS) is 11.5. The number of nitrogens with zero attached hydrogens (tertiary/aromatic N) is 1. The predicted octanol–water partition coefficient (Wildman–Crippen LogP) is 4.42. The van der Waals surface area contributed by atoms with Gasteiger partial charge in [-0.05, 0) is 46.1 Å². The molecule has 1 atom stereocenters. The van der Waals surface area contributed by atoms with Gasteiger partial charge in [-0.1, -0.05) is 41.9 Å². The van der Waals surface area contributed by atoms with Gasteiger partial charge >= 0.3 is 0 Å². The third-order valence-corrected chi connectivity index (χ3v) is 3.84. The van der Waals surface area contributed by atoms with Crippen LogP contribution in [0.1, 0.15) is 5.56 Å². The first kappa shape index (κ1) is 15.6. The molecule has 5 heteroatoms. The molecule has 0 aliphatic heterocycles. The highest BCUT2D eigenvalue weighted by atomic mass is 79.9. The van der Waals surface area contributed by atoms with Crippen LogP contribution < -0.4 is 5.32 Å². The van der Waals surface area contributed by atoms with Gasteiger partial charge < -0.3 is 5.32 Å². The molecule has 0 bridgehead atoms. The average Bonchev–Trinajstić information content (AvgIpc) is 2.48. The number of nitrogens with one attached hydrogen (secondary N) is 1. The number of anilines is 1. The Balaban J connectivity index is 2.09. The van der Waals surface area contributed by atoms with Crippen LogP contribution in [0.2, 0.25) is 5.02 Å². The first-order valence-corrected chi connectivity index (χ1v) is 7.46. The molecule has 0 aromatic heterocycles. The van der Waals surface area contributed by atoms with Crippen molar-refractivity contribution in [2.24, 2.45) is 5.92 Å². The van der Waals surface area contributed by atoms with Gasteiger partial charge in [-0.15, -0.1) is 0 Å². The third-order valence-electron chi connectivity index (χ3n) is 2.94. The Hall–Kier alpha value is -1.83. The van der Waals surface area contributed by atoms with Gasteiger partial charge in [-0.25, -0.2) is 0 Å². The van der Waals surface area contributed by atoms with Crippen molar-refractivity contribution in [3.05, 3.63) is 63.6 Å². The summed E-state index contributed by atoms with van der Waals surface area (Å²) in [6.45, 7) is 0. The number of carbonyl (C=O) groups excluding carboxylic acids is 1. The van der Waals surface area contributed by atoms with E-state index in [9.17, 15) is 10.1 Å². The average molecular weight is 364 g/mol. The van der Waals surface area contributed by atoms with E-state index in [1.807, 2.05) is 36.4 Å². The Morgan fingerprint density at radius 2 is 2.00 bits per heavy atom. The lowest BCUT2D eigenvalue weighted by atomic mass is 10.00. The number of hydrogen-bond donors (Lipinski definition) is 1. The smallest absolute Gasteiger partial charge is 0.242 e. The van der Waals surface area contributed by atoms with Gasteiger partial charge in [0.15, 0.2) is 0 Å². The summed E-state index contributed by atoms with van der Waals surface area (Å²) in [5, 5.41) is 12.5. The standard InChI is InChI=1S/C16H12BrClN2O/c17-14-9-13(18)6-7-15(14)20-16(21)12(10-19)8-11-4-2-1-3-5-11/h1-7,9,12H,8H2,(H,20,21). The summed E-state index contributed by atoms with van der Waals surface area (Å²) in [6, 6.07) is 16.6. The van der Waals surface area contributed by atoms with Crippen molar-refractivity contribution in [3.8, 4) is 6.07 Å². The van der Waals surface area contributed by atoms with E-state index >= 15 is 0 Å². The monoisotopic (exact) mass is 362 g/mol. The molecule has 1 unspecified atom stereocenters. The van der Waals surface area contributed by atoms with Gasteiger partial charge in [0.25, 0.3) is 0 Å². The molecule has 0 heterocycles. The van der Waals surface area contributed by atoms with E-state index < -0.39 is 5.92 Å².